The zero-order chi connectivity index (χ0) is 7.72. The van der Waals surface area contributed by atoms with Gasteiger partial charge < -0.3 is 14.6 Å². The van der Waals surface area contributed by atoms with Crippen LogP contribution >= 0.6 is 0 Å². The molecule has 0 saturated carbocycles. The Kier molecular flexibility index (Phi) is 1.38. The van der Waals surface area contributed by atoms with Gasteiger partial charge in [0, 0.05) is 7.05 Å². The predicted molar refractivity (Wildman–Crippen MR) is 33.8 cm³/mol. The third kappa shape index (κ3) is 0.960. The van der Waals surface area contributed by atoms with Gasteiger partial charge in [-0.3, -0.25) is 5.01 Å². The SMILES string of the molecule is CN(N)c1oc(=O)oc1[NH-]. The summed E-state index contributed by atoms with van der Waals surface area (Å²) in [5.74, 6) is 3.78. The average molecular weight is 144 g/mol. The topological polar surface area (TPSA) is 96.4 Å². The minimum atomic E-state index is -0.919. The van der Waals surface area contributed by atoms with E-state index in [-0.39, 0.29) is 11.8 Å². The molecule has 0 aliphatic rings. The minimum absolute atomic E-state index is 0.0787. The van der Waals surface area contributed by atoms with Crippen molar-refractivity contribution in [3.63, 3.8) is 0 Å². The molecule has 1 aromatic rings. The third-order valence-corrected chi connectivity index (χ3v) is 0.880. The monoisotopic (exact) mass is 144 g/mol. The second-order valence-electron chi connectivity index (χ2n) is 1.70. The second-order valence-corrected chi connectivity index (χ2v) is 1.70. The molecule has 0 aliphatic heterocycles. The Bertz CT molecular complexity index is 274. The van der Waals surface area contributed by atoms with Crippen LogP contribution in [0.4, 0.5) is 11.8 Å². The van der Waals surface area contributed by atoms with Crippen LogP contribution in [-0.2, 0) is 0 Å². The second kappa shape index (κ2) is 2.07. The maximum absolute atomic E-state index is 10.3. The Hall–Kier alpha value is -1.43. The van der Waals surface area contributed by atoms with Gasteiger partial charge in [0.2, 0.25) is 5.88 Å². The summed E-state index contributed by atoms with van der Waals surface area (Å²) in [6.45, 7) is 0. The smallest absolute Gasteiger partial charge is 0.519 e. The van der Waals surface area contributed by atoms with E-state index in [0.29, 0.717) is 0 Å². The van der Waals surface area contributed by atoms with Crippen molar-refractivity contribution in [2.24, 2.45) is 5.84 Å². The molecular weight excluding hydrogens is 138 g/mol. The van der Waals surface area contributed by atoms with Crippen LogP contribution in [0.15, 0.2) is 13.6 Å². The standard InChI is InChI=1S/C4H6N3O3/c1-7(6)3-2(5)9-4(8)10-3/h5H,6H2,1H3/q-1. The van der Waals surface area contributed by atoms with E-state index in [1.165, 1.54) is 7.05 Å². The Balaban J connectivity index is 3.15. The first-order valence-electron chi connectivity index (χ1n) is 2.45. The van der Waals surface area contributed by atoms with E-state index in [2.05, 4.69) is 8.83 Å². The molecule has 0 aromatic carbocycles. The number of hydrogen-bond acceptors (Lipinski definition) is 5. The van der Waals surface area contributed by atoms with Crippen LogP contribution in [-0.4, -0.2) is 7.05 Å². The van der Waals surface area contributed by atoms with Gasteiger partial charge in [-0.15, -0.1) is 0 Å². The molecule has 1 aromatic heterocycles. The van der Waals surface area contributed by atoms with Crippen LogP contribution in [0.25, 0.3) is 5.73 Å². The van der Waals surface area contributed by atoms with Gasteiger partial charge in [0.15, 0.2) is 0 Å². The van der Waals surface area contributed by atoms with Crippen molar-refractivity contribution >= 4 is 11.8 Å². The largest absolute Gasteiger partial charge is 0.663 e. The summed E-state index contributed by atoms with van der Waals surface area (Å²) in [5.41, 5.74) is 6.94. The highest BCUT2D eigenvalue weighted by atomic mass is 16.6. The lowest BCUT2D eigenvalue weighted by atomic mass is 10.7. The molecule has 1 heterocycles. The molecule has 56 valence electrons. The molecule has 10 heavy (non-hydrogen) atoms. The van der Waals surface area contributed by atoms with Crippen molar-refractivity contribution < 1.29 is 8.83 Å². The summed E-state index contributed by atoms with van der Waals surface area (Å²) in [5, 5.41) is 0.993. The van der Waals surface area contributed by atoms with E-state index in [1.807, 2.05) is 0 Å². The molecule has 6 nitrogen and oxygen atoms in total. The molecule has 0 aliphatic carbocycles. The summed E-state index contributed by atoms with van der Waals surface area (Å²) < 4.78 is 8.57. The summed E-state index contributed by atoms with van der Waals surface area (Å²) in [6, 6.07) is 0. The van der Waals surface area contributed by atoms with Crippen LogP contribution < -0.4 is 16.7 Å². The highest BCUT2D eigenvalue weighted by molar-refractivity contribution is 5.53. The predicted octanol–water partition coefficient (Wildman–Crippen LogP) is 0.226. The van der Waals surface area contributed by atoms with Gasteiger partial charge in [-0.2, -0.15) is 0 Å². The normalized spacial score (nSPS) is 9.80. The molecule has 0 bridgehead atoms. The molecular formula is C4H6N3O3-. The Labute approximate surface area is 56.0 Å². The highest BCUT2D eigenvalue weighted by Crippen LogP contribution is 2.22. The summed E-state index contributed by atoms with van der Waals surface area (Å²) in [6.07, 6.45) is 0. The fourth-order valence-electron chi connectivity index (χ4n) is 0.505. The molecule has 0 saturated heterocycles. The first-order chi connectivity index (χ1) is 4.61. The first-order valence-corrected chi connectivity index (χ1v) is 2.45. The molecule has 0 unspecified atom stereocenters. The van der Waals surface area contributed by atoms with Crippen molar-refractivity contribution in [1.82, 2.24) is 0 Å². The number of rotatable bonds is 1. The van der Waals surface area contributed by atoms with E-state index in [9.17, 15) is 4.79 Å². The molecule has 0 spiro atoms. The zero-order valence-electron chi connectivity index (χ0n) is 5.25. The van der Waals surface area contributed by atoms with Crippen LogP contribution in [0.5, 0.6) is 0 Å². The Morgan fingerprint density at radius 3 is 2.40 bits per heavy atom. The van der Waals surface area contributed by atoms with Gasteiger partial charge in [0.1, 0.15) is 0 Å². The van der Waals surface area contributed by atoms with Gasteiger partial charge in [-0.25, -0.2) is 10.6 Å². The number of nitrogens with one attached hydrogen (secondary N) is 1. The Morgan fingerprint density at radius 1 is 1.60 bits per heavy atom. The summed E-state index contributed by atoms with van der Waals surface area (Å²) in [7, 11) is 1.44. The molecule has 6 heteroatoms. The molecule has 0 radical (unpaired) electrons. The van der Waals surface area contributed by atoms with E-state index in [0.717, 1.165) is 5.01 Å². The fourth-order valence-corrected chi connectivity index (χ4v) is 0.505. The molecule has 0 fully saturated rings. The van der Waals surface area contributed by atoms with E-state index < -0.39 is 5.82 Å². The van der Waals surface area contributed by atoms with Crippen LogP contribution in [0.2, 0.25) is 0 Å². The van der Waals surface area contributed by atoms with E-state index >= 15 is 0 Å². The molecule has 1 rings (SSSR count). The van der Waals surface area contributed by atoms with Gasteiger partial charge in [-0.1, -0.05) is 0 Å². The molecule has 0 atom stereocenters. The zero-order valence-corrected chi connectivity index (χ0v) is 5.25. The quantitative estimate of drug-likeness (QED) is 0.449. The minimum Gasteiger partial charge on any atom is -0.663 e. The number of nitrogens with zero attached hydrogens (tertiary/aromatic N) is 1. The number of hydrazine groups is 1. The van der Waals surface area contributed by atoms with Crippen molar-refractivity contribution in [1.29, 1.82) is 0 Å². The summed E-state index contributed by atoms with van der Waals surface area (Å²) >= 11 is 0. The van der Waals surface area contributed by atoms with Crippen molar-refractivity contribution in [2.45, 2.75) is 0 Å². The van der Waals surface area contributed by atoms with E-state index in [4.69, 9.17) is 11.6 Å². The van der Waals surface area contributed by atoms with Crippen LogP contribution in [0, 0.1) is 0 Å². The number of nitrogens with two attached hydrogens (primary N) is 1. The average Bonchev–Trinajstić information content (AvgIpc) is 2.10. The summed E-state index contributed by atoms with van der Waals surface area (Å²) in [4.78, 5) is 10.3. The number of anilines is 1. The maximum atomic E-state index is 10.3. The Morgan fingerprint density at radius 2 is 2.20 bits per heavy atom. The first kappa shape index (κ1) is 6.69. The highest BCUT2D eigenvalue weighted by Gasteiger charge is 2.04. The van der Waals surface area contributed by atoms with Crippen molar-refractivity contribution in [3.05, 3.63) is 16.4 Å². The lowest BCUT2D eigenvalue weighted by molar-refractivity contribution is 0.392. The van der Waals surface area contributed by atoms with Crippen molar-refractivity contribution in [3.8, 4) is 0 Å². The lowest BCUT2D eigenvalue weighted by Gasteiger charge is -2.08. The van der Waals surface area contributed by atoms with E-state index in [1.54, 1.807) is 0 Å². The number of hydrogen-bond donors (Lipinski definition) is 1. The fraction of sp³-hybridized carbons (Fsp3) is 0.250. The third-order valence-electron chi connectivity index (χ3n) is 0.880. The molecule has 0 amide bonds. The van der Waals surface area contributed by atoms with Gasteiger partial charge in [-0.05, 0) is 0 Å². The van der Waals surface area contributed by atoms with Crippen LogP contribution in [0.3, 0.4) is 0 Å². The maximum Gasteiger partial charge on any atom is 0.519 e. The lowest BCUT2D eigenvalue weighted by Crippen LogP contribution is -2.24. The van der Waals surface area contributed by atoms with Crippen LogP contribution in [0.1, 0.15) is 0 Å². The van der Waals surface area contributed by atoms with Crippen molar-refractivity contribution in [2.75, 3.05) is 12.1 Å². The van der Waals surface area contributed by atoms with Gasteiger partial charge in [0.05, 0.1) is 5.88 Å². The van der Waals surface area contributed by atoms with Gasteiger partial charge in [0.25, 0.3) is 0 Å². The molecule has 3 N–H and O–H groups in total. The van der Waals surface area contributed by atoms with Gasteiger partial charge >= 0.3 is 5.82 Å².